The quantitative estimate of drug-likeness (QED) is 0.850. The maximum Gasteiger partial charge on any atom is 0.416 e. The smallest absolute Gasteiger partial charge is 0.394 e. The molecular weight excluding hydrogens is 307 g/mol. The Morgan fingerprint density at radius 3 is 2.67 bits per heavy atom. The summed E-state index contributed by atoms with van der Waals surface area (Å²) in [5, 5.41) is 12.2. The second-order valence-corrected chi connectivity index (χ2v) is 4.55. The molecule has 1 heterocycles. The molecule has 112 valence electrons. The fourth-order valence-corrected chi connectivity index (χ4v) is 1.91. The van der Waals surface area contributed by atoms with E-state index in [4.69, 9.17) is 11.6 Å². The summed E-state index contributed by atoms with van der Waals surface area (Å²) in [6.07, 6.45) is -3.04. The van der Waals surface area contributed by atoms with Crippen molar-refractivity contribution in [2.75, 3.05) is 11.9 Å². The van der Waals surface area contributed by atoms with Gasteiger partial charge in [0, 0.05) is 6.20 Å². The van der Waals surface area contributed by atoms with Crippen molar-refractivity contribution in [3.05, 3.63) is 52.9 Å². The van der Waals surface area contributed by atoms with Crippen LogP contribution in [-0.4, -0.2) is 21.7 Å². The molecule has 0 aliphatic heterocycles. The van der Waals surface area contributed by atoms with Gasteiger partial charge in [0.05, 0.1) is 18.2 Å². The molecule has 2 N–H and O–H groups in total. The molecule has 1 atom stereocenters. The van der Waals surface area contributed by atoms with Crippen LogP contribution in [0.5, 0.6) is 0 Å². The molecule has 8 heteroatoms. The van der Waals surface area contributed by atoms with E-state index in [0.29, 0.717) is 11.4 Å². The zero-order valence-corrected chi connectivity index (χ0v) is 11.4. The minimum atomic E-state index is -4.44. The second kappa shape index (κ2) is 6.28. The van der Waals surface area contributed by atoms with Crippen molar-refractivity contribution in [2.45, 2.75) is 12.2 Å². The van der Waals surface area contributed by atoms with Gasteiger partial charge in [0.25, 0.3) is 0 Å². The van der Waals surface area contributed by atoms with Gasteiger partial charge in [-0.15, -0.1) is 0 Å². The lowest BCUT2D eigenvalue weighted by Gasteiger charge is -2.18. The normalized spacial score (nSPS) is 13.0. The maximum atomic E-state index is 12.7. The van der Waals surface area contributed by atoms with E-state index in [9.17, 15) is 18.3 Å². The van der Waals surface area contributed by atoms with Crippen molar-refractivity contribution >= 4 is 17.4 Å². The zero-order chi connectivity index (χ0) is 15.5. The van der Waals surface area contributed by atoms with Crippen molar-refractivity contribution in [2.24, 2.45) is 0 Å². The molecule has 0 spiro atoms. The van der Waals surface area contributed by atoms with Crippen LogP contribution in [-0.2, 0) is 6.18 Å². The first-order valence-electron chi connectivity index (χ1n) is 5.93. The SMILES string of the molecule is OCC(Nc1ccnc(Cl)n1)c1cccc(C(F)(F)F)c1. The summed E-state index contributed by atoms with van der Waals surface area (Å²) in [4.78, 5) is 7.56. The van der Waals surface area contributed by atoms with Gasteiger partial charge in [-0.2, -0.15) is 13.2 Å². The van der Waals surface area contributed by atoms with E-state index in [1.54, 1.807) is 0 Å². The Morgan fingerprint density at radius 1 is 1.29 bits per heavy atom. The highest BCUT2D eigenvalue weighted by molar-refractivity contribution is 6.28. The predicted molar refractivity (Wildman–Crippen MR) is 71.9 cm³/mol. The molecule has 0 fully saturated rings. The molecule has 0 saturated carbocycles. The third-order valence-electron chi connectivity index (χ3n) is 2.75. The summed E-state index contributed by atoms with van der Waals surface area (Å²) >= 11 is 5.63. The topological polar surface area (TPSA) is 58.0 Å². The lowest BCUT2D eigenvalue weighted by molar-refractivity contribution is -0.137. The third-order valence-corrected chi connectivity index (χ3v) is 2.93. The molecule has 2 aromatic rings. The van der Waals surface area contributed by atoms with E-state index in [0.717, 1.165) is 12.1 Å². The maximum absolute atomic E-state index is 12.7. The minimum absolute atomic E-state index is 0.000678. The first-order valence-corrected chi connectivity index (χ1v) is 6.31. The first kappa shape index (κ1) is 15.5. The number of benzene rings is 1. The number of halogens is 4. The number of rotatable bonds is 4. The van der Waals surface area contributed by atoms with E-state index >= 15 is 0 Å². The lowest BCUT2D eigenvalue weighted by atomic mass is 10.0. The van der Waals surface area contributed by atoms with Crippen LogP contribution in [0.25, 0.3) is 0 Å². The number of hydrogen-bond acceptors (Lipinski definition) is 4. The van der Waals surface area contributed by atoms with Crippen molar-refractivity contribution in [1.82, 2.24) is 9.97 Å². The van der Waals surface area contributed by atoms with Crippen LogP contribution in [0.4, 0.5) is 19.0 Å². The van der Waals surface area contributed by atoms with Crippen LogP contribution >= 0.6 is 11.6 Å². The van der Waals surface area contributed by atoms with Crippen LogP contribution in [0.1, 0.15) is 17.2 Å². The molecule has 0 amide bonds. The van der Waals surface area contributed by atoms with E-state index in [1.807, 2.05) is 0 Å². The van der Waals surface area contributed by atoms with Crippen LogP contribution in [0, 0.1) is 0 Å². The van der Waals surface area contributed by atoms with Gasteiger partial charge in [0.2, 0.25) is 5.28 Å². The van der Waals surface area contributed by atoms with Crippen molar-refractivity contribution < 1.29 is 18.3 Å². The average Bonchev–Trinajstić information content (AvgIpc) is 2.44. The number of hydrogen-bond donors (Lipinski definition) is 2. The number of aliphatic hydroxyl groups excluding tert-OH is 1. The van der Waals surface area contributed by atoms with Gasteiger partial charge >= 0.3 is 6.18 Å². The summed E-state index contributed by atoms with van der Waals surface area (Å²) in [5.74, 6) is 0.312. The Kier molecular flexibility index (Phi) is 4.64. The Labute approximate surface area is 123 Å². The number of nitrogens with zero attached hydrogens (tertiary/aromatic N) is 2. The van der Waals surface area contributed by atoms with Crippen LogP contribution in [0.15, 0.2) is 36.5 Å². The Hall–Kier alpha value is -1.86. The number of anilines is 1. The van der Waals surface area contributed by atoms with E-state index in [-0.39, 0.29) is 5.28 Å². The summed E-state index contributed by atoms with van der Waals surface area (Å²) in [5.41, 5.74) is -0.483. The molecule has 0 aliphatic carbocycles. The highest BCUT2D eigenvalue weighted by Crippen LogP contribution is 2.31. The predicted octanol–water partition coefficient (Wildman–Crippen LogP) is 3.29. The second-order valence-electron chi connectivity index (χ2n) is 4.21. The molecule has 1 aromatic carbocycles. The van der Waals surface area contributed by atoms with Crippen LogP contribution in [0.3, 0.4) is 0 Å². The van der Waals surface area contributed by atoms with Gasteiger partial charge in [-0.25, -0.2) is 9.97 Å². The van der Waals surface area contributed by atoms with Crippen LogP contribution < -0.4 is 5.32 Å². The first-order chi connectivity index (χ1) is 9.90. The van der Waals surface area contributed by atoms with Crippen molar-refractivity contribution in [3.63, 3.8) is 0 Å². The van der Waals surface area contributed by atoms with Crippen molar-refractivity contribution in [3.8, 4) is 0 Å². The molecule has 0 bridgehead atoms. The summed E-state index contributed by atoms with van der Waals surface area (Å²) < 4.78 is 38.1. The Balaban J connectivity index is 2.25. The number of aliphatic hydroxyl groups is 1. The standard InChI is InChI=1S/C13H11ClF3N3O/c14-12-18-5-4-11(20-12)19-10(7-21)8-2-1-3-9(6-8)13(15,16)17/h1-6,10,21H,7H2,(H,18,19,20). The summed E-state index contributed by atoms with van der Waals surface area (Å²) in [7, 11) is 0. The highest BCUT2D eigenvalue weighted by atomic mass is 35.5. The molecule has 1 aromatic heterocycles. The molecule has 0 aliphatic rings. The molecule has 21 heavy (non-hydrogen) atoms. The molecule has 1 unspecified atom stereocenters. The van der Waals surface area contributed by atoms with Gasteiger partial charge in [-0.05, 0) is 35.4 Å². The number of aromatic nitrogens is 2. The lowest BCUT2D eigenvalue weighted by Crippen LogP contribution is -2.17. The van der Waals surface area contributed by atoms with E-state index in [2.05, 4.69) is 15.3 Å². The molecule has 0 saturated heterocycles. The summed E-state index contributed by atoms with van der Waals surface area (Å²) in [6, 6.07) is 5.50. The Bertz CT molecular complexity index is 622. The highest BCUT2D eigenvalue weighted by Gasteiger charge is 2.31. The van der Waals surface area contributed by atoms with Gasteiger partial charge in [-0.1, -0.05) is 12.1 Å². The van der Waals surface area contributed by atoms with Crippen molar-refractivity contribution in [1.29, 1.82) is 0 Å². The Morgan fingerprint density at radius 2 is 2.05 bits per heavy atom. The van der Waals surface area contributed by atoms with Gasteiger partial charge in [-0.3, -0.25) is 0 Å². The molecule has 0 radical (unpaired) electrons. The van der Waals surface area contributed by atoms with Crippen LogP contribution in [0.2, 0.25) is 5.28 Å². The number of nitrogens with one attached hydrogen (secondary N) is 1. The fourth-order valence-electron chi connectivity index (χ4n) is 1.76. The number of alkyl halides is 3. The molecule has 4 nitrogen and oxygen atoms in total. The largest absolute Gasteiger partial charge is 0.416 e. The fraction of sp³-hybridized carbons (Fsp3) is 0.231. The third kappa shape index (κ3) is 4.05. The van der Waals surface area contributed by atoms with Gasteiger partial charge < -0.3 is 10.4 Å². The zero-order valence-electron chi connectivity index (χ0n) is 10.6. The molecule has 2 rings (SSSR count). The average molecular weight is 318 g/mol. The minimum Gasteiger partial charge on any atom is -0.394 e. The monoisotopic (exact) mass is 317 g/mol. The van der Waals surface area contributed by atoms with Gasteiger partial charge in [0.15, 0.2) is 0 Å². The summed E-state index contributed by atoms with van der Waals surface area (Å²) in [6.45, 7) is -0.400. The van der Waals surface area contributed by atoms with Gasteiger partial charge in [0.1, 0.15) is 5.82 Å². The van der Waals surface area contributed by atoms with E-state index in [1.165, 1.54) is 24.4 Å². The van der Waals surface area contributed by atoms with E-state index < -0.39 is 24.4 Å². The molecular formula is C13H11ClF3N3O.